The first kappa shape index (κ1) is 8.37. The maximum atomic E-state index is 8.57. The van der Waals surface area contributed by atoms with E-state index >= 15 is 0 Å². The van der Waals surface area contributed by atoms with E-state index < -0.39 is 0 Å². The summed E-state index contributed by atoms with van der Waals surface area (Å²) in [5, 5.41) is 12.7. The van der Waals surface area contributed by atoms with E-state index in [2.05, 4.69) is 5.32 Å². The third kappa shape index (κ3) is 2.90. The van der Waals surface area contributed by atoms with Crippen LogP contribution in [0.2, 0.25) is 0 Å². The monoisotopic (exact) mass is 161 g/mol. The topological polar surface area (TPSA) is 32.3 Å². The van der Waals surface area contributed by atoms with Crippen LogP contribution in [0.25, 0.3) is 0 Å². The maximum absolute atomic E-state index is 8.57. The Morgan fingerprint density at radius 3 is 3.10 bits per heavy atom. The quantitative estimate of drug-likeness (QED) is 0.631. The molecule has 0 radical (unpaired) electrons. The van der Waals surface area contributed by atoms with Crippen LogP contribution in [-0.4, -0.2) is 35.8 Å². The molecule has 0 aromatic carbocycles. The van der Waals surface area contributed by atoms with Gasteiger partial charge in [0.2, 0.25) is 0 Å². The smallest absolute Gasteiger partial charge is 0.0431 e. The van der Waals surface area contributed by atoms with Crippen molar-refractivity contribution < 1.29 is 5.11 Å². The zero-order valence-electron chi connectivity index (χ0n) is 6.18. The summed E-state index contributed by atoms with van der Waals surface area (Å²) in [6, 6.07) is 0. The zero-order valence-corrected chi connectivity index (χ0v) is 6.99. The maximum Gasteiger partial charge on any atom is 0.0431 e. The Kier molecular flexibility index (Phi) is 4.18. The molecule has 3 heteroatoms. The number of thioether (sulfide) groups is 1. The highest BCUT2D eigenvalue weighted by molar-refractivity contribution is 8.00. The van der Waals surface area contributed by atoms with Crippen molar-refractivity contribution in [3.8, 4) is 0 Å². The largest absolute Gasteiger partial charge is 0.396 e. The van der Waals surface area contributed by atoms with E-state index in [1.165, 1.54) is 5.75 Å². The van der Waals surface area contributed by atoms with Crippen LogP contribution in [0.15, 0.2) is 0 Å². The van der Waals surface area contributed by atoms with Gasteiger partial charge in [-0.3, -0.25) is 0 Å². The third-order valence-corrected chi connectivity index (χ3v) is 3.00. The molecule has 1 saturated heterocycles. The first-order valence-corrected chi connectivity index (χ1v) is 4.91. The number of aliphatic hydroxyl groups excluding tert-OH is 1. The summed E-state index contributed by atoms with van der Waals surface area (Å²) < 4.78 is 0. The molecule has 1 rings (SSSR count). The molecule has 0 aromatic rings. The SMILES string of the molecule is OCCCC1CNCCS1. The third-order valence-electron chi connectivity index (χ3n) is 1.69. The molecule has 1 unspecified atom stereocenters. The van der Waals surface area contributed by atoms with Gasteiger partial charge >= 0.3 is 0 Å². The van der Waals surface area contributed by atoms with Crippen molar-refractivity contribution in [3.05, 3.63) is 0 Å². The summed E-state index contributed by atoms with van der Waals surface area (Å²) in [7, 11) is 0. The Balaban J connectivity index is 2.02. The van der Waals surface area contributed by atoms with Crippen LogP contribution >= 0.6 is 11.8 Å². The molecule has 2 N–H and O–H groups in total. The fraction of sp³-hybridized carbons (Fsp3) is 1.00. The molecule has 0 spiro atoms. The van der Waals surface area contributed by atoms with E-state index in [-0.39, 0.29) is 0 Å². The molecule has 60 valence electrons. The van der Waals surface area contributed by atoms with Crippen molar-refractivity contribution in [2.24, 2.45) is 0 Å². The highest BCUT2D eigenvalue weighted by Crippen LogP contribution is 2.17. The highest BCUT2D eigenvalue weighted by Gasteiger charge is 2.11. The predicted octanol–water partition coefficient (Wildman–Crippen LogP) is 0.464. The normalized spacial score (nSPS) is 26.7. The molecular weight excluding hydrogens is 146 g/mol. The van der Waals surface area contributed by atoms with E-state index in [9.17, 15) is 0 Å². The summed E-state index contributed by atoms with van der Waals surface area (Å²) in [5.74, 6) is 1.23. The Bertz CT molecular complexity index is 83.7. The Morgan fingerprint density at radius 1 is 1.60 bits per heavy atom. The van der Waals surface area contributed by atoms with E-state index in [1.807, 2.05) is 11.8 Å². The fourth-order valence-electron chi connectivity index (χ4n) is 1.12. The highest BCUT2D eigenvalue weighted by atomic mass is 32.2. The van der Waals surface area contributed by atoms with E-state index in [1.54, 1.807) is 0 Å². The standard InChI is InChI=1S/C7H15NOS/c9-4-1-2-7-6-8-3-5-10-7/h7-9H,1-6H2. The van der Waals surface area contributed by atoms with Crippen LogP contribution < -0.4 is 5.32 Å². The number of aliphatic hydroxyl groups is 1. The summed E-state index contributed by atoms with van der Waals surface area (Å²) in [5.41, 5.74) is 0. The molecule has 1 heterocycles. The number of rotatable bonds is 3. The van der Waals surface area contributed by atoms with Gasteiger partial charge in [-0.1, -0.05) is 0 Å². The fourth-order valence-corrected chi connectivity index (χ4v) is 2.29. The number of hydrogen-bond acceptors (Lipinski definition) is 3. The lowest BCUT2D eigenvalue weighted by Gasteiger charge is -2.21. The predicted molar refractivity (Wildman–Crippen MR) is 45.4 cm³/mol. The summed E-state index contributed by atoms with van der Waals surface area (Å²) >= 11 is 2.03. The average molecular weight is 161 g/mol. The van der Waals surface area contributed by atoms with Crippen molar-refractivity contribution in [2.75, 3.05) is 25.4 Å². The second-order valence-corrected chi connectivity index (χ2v) is 3.97. The summed E-state index contributed by atoms with van der Waals surface area (Å²) in [6.45, 7) is 2.63. The summed E-state index contributed by atoms with van der Waals surface area (Å²) in [6.07, 6.45) is 2.12. The van der Waals surface area contributed by atoms with Crippen LogP contribution in [0.1, 0.15) is 12.8 Å². The van der Waals surface area contributed by atoms with Gasteiger partial charge in [-0.2, -0.15) is 11.8 Å². The van der Waals surface area contributed by atoms with Crippen LogP contribution in [0.3, 0.4) is 0 Å². The molecule has 2 nitrogen and oxygen atoms in total. The molecule has 1 aliphatic rings. The lowest BCUT2D eigenvalue weighted by Crippen LogP contribution is -2.32. The lowest BCUT2D eigenvalue weighted by atomic mass is 10.2. The van der Waals surface area contributed by atoms with Gasteiger partial charge in [0, 0.05) is 30.7 Å². The molecule has 0 bridgehead atoms. The van der Waals surface area contributed by atoms with Gasteiger partial charge in [-0.25, -0.2) is 0 Å². The zero-order chi connectivity index (χ0) is 7.23. The van der Waals surface area contributed by atoms with E-state index in [0.717, 1.165) is 31.2 Å². The minimum absolute atomic E-state index is 0.344. The van der Waals surface area contributed by atoms with Crippen molar-refractivity contribution in [3.63, 3.8) is 0 Å². The summed E-state index contributed by atoms with van der Waals surface area (Å²) in [4.78, 5) is 0. The van der Waals surface area contributed by atoms with Gasteiger partial charge in [0.1, 0.15) is 0 Å². The first-order valence-electron chi connectivity index (χ1n) is 3.86. The van der Waals surface area contributed by atoms with Crippen molar-refractivity contribution in [1.82, 2.24) is 5.32 Å². The first-order chi connectivity index (χ1) is 4.93. The molecule has 10 heavy (non-hydrogen) atoms. The van der Waals surface area contributed by atoms with Crippen molar-refractivity contribution in [1.29, 1.82) is 0 Å². The van der Waals surface area contributed by atoms with Crippen LogP contribution in [0.5, 0.6) is 0 Å². The Labute approximate surface area is 66.4 Å². The van der Waals surface area contributed by atoms with Gasteiger partial charge in [0.15, 0.2) is 0 Å². The molecule has 0 saturated carbocycles. The molecule has 1 aliphatic heterocycles. The van der Waals surface area contributed by atoms with Crippen molar-refractivity contribution in [2.45, 2.75) is 18.1 Å². The molecular formula is C7H15NOS. The van der Waals surface area contributed by atoms with E-state index in [4.69, 9.17) is 5.11 Å². The number of hydrogen-bond donors (Lipinski definition) is 2. The molecule has 1 fully saturated rings. The molecule has 0 amide bonds. The van der Waals surface area contributed by atoms with Gasteiger partial charge in [-0.05, 0) is 12.8 Å². The van der Waals surface area contributed by atoms with Crippen LogP contribution in [-0.2, 0) is 0 Å². The second kappa shape index (κ2) is 4.99. The lowest BCUT2D eigenvalue weighted by molar-refractivity contribution is 0.283. The number of nitrogens with one attached hydrogen (secondary N) is 1. The molecule has 0 aliphatic carbocycles. The van der Waals surface area contributed by atoms with Gasteiger partial charge in [0.05, 0.1) is 0 Å². The van der Waals surface area contributed by atoms with E-state index in [0.29, 0.717) is 6.61 Å². The second-order valence-electron chi connectivity index (χ2n) is 2.56. The molecule has 0 aromatic heterocycles. The van der Waals surface area contributed by atoms with Crippen molar-refractivity contribution >= 4 is 11.8 Å². The minimum atomic E-state index is 0.344. The van der Waals surface area contributed by atoms with Gasteiger partial charge in [-0.15, -0.1) is 0 Å². The molecule has 1 atom stereocenters. The Morgan fingerprint density at radius 2 is 2.50 bits per heavy atom. The van der Waals surface area contributed by atoms with Crippen LogP contribution in [0, 0.1) is 0 Å². The van der Waals surface area contributed by atoms with Crippen LogP contribution in [0.4, 0.5) is 0 Å². The average Bonchev–Trinajstić information content (AvgIpc) is 2.03. The van der Waals surface area contributed by atoms with Gasteiger partial charge < -0.3 is 10.4 Å². The van der Waals surface area contributed by atoms with Gasteiger partial charge in [0.25, 0.3) is 0 Å². The minimum Gasteiger partial charge on any atom is -0.396 e. The Hall–Kier alpha value is 0.270.